The number of fused-ring (bicyclic) bond motifs is 7. The standard InChI is InChI=1S/C28H42N4O4/c1-18(2)17-23(31(5)6)27(34)30-24-25(19(3)4)36-21-12-10-20(11-13-21)14-15-29-26(33)22-9-7-8-16-32(22)28(24)35/h10-15,18-19,22-25H,7-9,16-17H2,1-6H3,(H,29,33)(H,30,34)/b15-14-/t22-,23+,24+,25+/m0/s1. The number of rotatable bonds is 6. The van der Waals surface area contributed by atoms with E-state index in [4.69, 9.17) is 4.74 Å². The van der Waals surface area contributed by atoms with E-state index in [0.717, 1.165) is 18.4 Å². The van der Waals surface area contributed by atoms with Crippen LogP contribution in [0.1, 0.15) is 58.9 Å². The van der Waals surface area contributed by atoms with Crippen molar-refractivity contribution in [1.82, 2.24) is 20.4 Å². The number of ether oxygens (including phenoxy) is 1. The van der Waals surface area contributed by atoms with E-state index in [1.807, 2.05) is 63.2 Å². The van der Waals surface area contributed by atoms with Crippen molar-refractivity contribution < 1.29 is 19.1 Å². The van der Waals surface area contributed by atoms with Crippen LogP contribution in [0.25, 0.3) is 6.08 Å². The lowest BCUT2D eigenvalue weighted by Gasteiger charge is -2.40. The fraction of sp³-hybridized carbons (Fsp3) is 0.607. The Morgan fingerprint density at radius 1 is 1.14 bits per heavy atom. The van der Waals surface area contributed by atoms with Crippen molar-refractivity contribution in [2.75, 3.05) is 20.6 Å². The minimum Gasteiger partial charge on any atom is -0.487 e. The molecule has 36 heavy (non-hydrogen) atoms. The van der Waals surface area contributed by atoms with Gasteiger partial charge in [-0.05, 0) is 75.4 Å². The van der Waals surface area contributed by atoms with Gasteiger partial charge in [0.1, 0.15) is 23.9 Å². The predicted octanol–water partition coefficient (Wildman–Crippen LogP) is 3.03. The first-order valence-electron chi connectivity index (χ1n) is 13.1. The number of nitrogens with zero attached hydrogens (tertiary/aromatic N) is 2. The number of benzene rings is 1. The molecule has 2 N–H and O–H groups in total. The van der Waals surface area contributed by atoms with Crippen LogP contribution in [-0.4, -0.2) is 72.4 Å². The van der Waals surface area contributed by atoms with Gasteiger partial charge in [0, 0.05) is 12.7 Å². The highest BCUT2D eigenvalue weighted by Gasteiger charge is 2.42. The number of amides is 3. The van der Waals surface area contributed by atoms with Crippen molar-refractivity contribution in [3.63, 3.8) is 0 Å². The molecule has 1 aromatic carbocycles. The van der Waals surface area contributed by atoms with Gasteiger partial charge in [0.05, 0.1) is 6.04 Å². The summed E-state index contributed by atoms with van der Waals surface area (Å²) in [5.74, 6) is 0.153. The summed E-state index contributed by atoms with van der Waals surface area (Å²) in [6.07, 6.45) is 5.75. The highest BCUT2D eigenvalue weighted by molar-refractivity contribution is 5.94. The second kappa shape index (κ2) is 12.4. The van der Waals surface area contributed by atoms with Crippen LogP contribution in [0.3, 0.4) is 0 Å². The Hall–Kier alpha value is -2.87. The molecule has 4 atom stereocenters. The first-order chi connectivity index (χ1) is 17.1. The summed E-state index contributed by atoms with van der Waals surface area (Å²) in [6.45, 7) is 8.58. The molecule has 0 radical (unpaired) electrons. The third-order valence-corrected chi connectivity index (χ3v) is 6.91. The largest absolute Gasteiger partial charge is 0.487 e. The summed E-state index contributed by atoms with van der Waals surface area (Å²) in [4.78, 5) is 44.3. The van der Waals surface area contributed by atoms with E-state index in [2.05, 4.69) is 24.5 Å². The minimum absolute atomic E-state index is 0.0771. The Bertz CT molecular complexity index is 941. The van der Waals surface area contributed by atoms with Crippen LogP contribution in [0.2, 0.25) is 0 Å². The molecule has 3 aliphatic heterocycles. The molecule has 0 spiro atoms. The van der Waals surface area contributed by atoms with Crippen LogP contribution in [-0.2, 0) is 14.4 Å². The average molecular weight is 499 g/mol. The van der Waals surface area contributed by atoms with Crippen LogP contribution in [0, 0.1) is 11.8 Å². The van der Waals surface area contributed by atoms with Gasteiger partial charge in [0.2, 0.25) is 17.7 Å². The fourth-order valence-electron chi connectivity index (χ4n) is 4.90. The Morgan fingerprint density at radius 3 is 2.44 bits per heavy atom. The number of likely N-dealkylation sites (N-methyl/N-ethyl adjacent to an activating group) is 1. The van der Waals surface area contributed by atoms with Crippen LogP contribution >= 0.6 is 0 Å². The van der Waals surface area contributed by atoms with Crippen molar-refractivity contribution in [3.05, 3.63) is 36.0 Å². The summed E-state index contributed by atoms with van der Waals surface area (Å²) in [7, 11) is 3.75. The van der Waals surface area contributed by atoms with Crippen molar-refractivity contribution in [2.45, 2.75) is 77.6 Å². The van der Waals surface area contributed by atoms with E-state index in [1.54, 1.807) is 11.1 Å². The molecule has 3 amide bonds. The maximum absolute atomic E-state index is 14.1. The third-order valence-electron chi connectivity index (χ3n) is 6.91. The number of hydrogen-bond donors (Lipinski definition) is 2. The molecule has 2 bridgehead atoms. The Balaban J connectivity index is 2.04. The van der Waals surface area contributed by atoms with Gasteiger partial charge in [-0.2, -0.15) is 0 Å². The monoisotopic (exact) mass is 498 g/mol. The topological polar surface area (TPSA) is 91.0 Å². The summed E-state index contributed by atoms with van der Waals surface area (Å²) < 4.78 is 6.38. The number of nitrogens with one attached hydrogen (secondary N) is 2. The average Bonchev–Trinajstić information content (AvgIpc) is 2.84. The Kier molecular flexibility index (Phi) is 9.54. The molecule has 1 aromatic rings. The summed E-state index contributed by atoms with van der Waals surface area (Å²) >= 11 is 0. The van der Waals surface area contributed by atoms with Gasteiger partial charge in [-0.15, -0.1) is 0 Å². The summed E-state index contributed by atoms with van der Waals surface area (Å²) in [6, 6.07) is 5.57. The molecule has 8 heteroatoms. The molecule has 0 unspecified atom stereocenters. The molecular formula is C28H42N4O4. The van der Waals surface area contributed by atoms with E-state index in [-0.39, 0.29) is 29.7 Å². The normalized spacial score (nSPS) is 24.7. The molecule has 0 saturated carbocycles. The van der Waals surface area contributed by atoms with Gasteiger partial charge < -0.3 is 20.3 Å². The molecular weight excluding hydrogens is 456 g/mol. The SMILES string of the molecule is CC(C)C[C@H](C(=O)N[C@H]1C(=O)N2CCCC[C@H]2C(=O)N/C=C\c2ccc(cc2)O[C@@H]1C(C)C)N(C)C. The van der Waals surface area contributed by atoms with E-state index < -0.39 is 18.2 Å². The molecule has 0 aromatic heterocycles. The molecule has 3 aliphatic rings. The molecule has 4 rings (SSSR count). The van der Waals surface area contributed by atoms with Crippen molar-refractivity contribution in [3.8, 4) is 5.75 Å². The van der Waals surface area contributed by atoms with Crippen molar-refractivity contribution in [2.24, 2.45) is 11.8 Å². The lowest BCUT2D eigenvalue weighted by atomic mass is 9.94. The van der Waals surface area contributed by atoms with Gasteiger partial charge in [0.15, 0.2) is 0 Å². The second-order valence-electron chi connectivity index (χ2n) is 10.9. The number of carbonyl (C=O) groups is 3. The Morgan fingerprint density at radius 2 is 1.83 bits per heavy atom. The van der Waals surface area contributed by atoms with Gasteiger partial charge in [-0.3, -0.25) is 19.3 Å². The third kappa shape index (κ3) is 6.87. The zero-order chi connectivity index (χ0) is 26.4. The van der Waals surface area contributed by atoms with Gasteiger partial charge in [-0.25, -0.2) is 0 Å². The maximum atomic E-state index is 14.1. The first-order valence-corrected chi connectivity index (χ1v) is 13.1. The highest BCUT2D eigenvalue weighted by atomic mass is 16.5. The zero-order valence-corrected chi connectivity index (χ0v) is 22.5. The van der Waals surface area contributed by atoms with Crippen LogP contribution in [0.4, 0.5) is 0 Å². The quantitative estimate of drug-likeness (QED) is 0.629. The van der Waals surface area contributed by atoms with Crippen molar-refractivity contribution >= 4 is 23.8 Å². The van der Waals surface area contributed by atoms with Gasteiger partial charge in [0.25, 0.3) is 0 Å². The van der Waals surface area contributed by atoms with Gasteiger partial charge in [-0.1, -0.05) is 39.8 Å². The molecule has 8 nitrogen and oxygen atoms in total. The minimum atomic E-state index is -0.932. The van der Waals surface area contributed by atoms with Crippen LogP contribution in [0.15, 0.2) is 30.5 Å². The lowest BCUT2D eigenvalue weighted by molar-refractivity contribution is -0.148. The highest BCUT2D eigenvalue weighted by Crippen LogP contribution is 2.25. The molecule has 198 valence electrons. The van der Waals surface area contributed by atoms with E-state index in [9.17, 15) is 14.4 Å². The number of piperidine rings is 1. The predicted molar refractivity (Wildman–Crippen MR) is 141 cm³/mol. The summed E-state index contributed by atoms with van der Waals surface area (Å²) in [5, 5.41) is 5.91. The van der Waals surface area contributed by atoms with Crippen LogP contribution in [0.5, 0.6) is 5.75 Å². The Labute approximate surface area is 215 Å². The number of hydrogen-bond acceptors (Lipinski definition) is 5. The lowest BCUT2D eigenvalue weighted by Crippen LogP contribution is -2.63. The van der Waals surface area contributed by atoms with E-state index in [0.29, 0.717) is 31.1 Å². The summed E-state index contributed by atoms with van der Waals surface area (Å²) in [5.41, 5.74) is 0.921. The van der Waals surface area contributed by atoms with Gasteiger partial charge >= 0.3 is 0 Å². The molecule has 1 saturated heterocycles. The zero-order valence-electron chi connectivity index (χ0n) is 22.5. The number of carbonyl (C=O) groups excluding carboxylic acids is 3. The molecule has 0 aliphatic carbocycles. The smallest absolute Gasteiger partial charge is 0.249 e. The molecule has 3 heterocycles. The van der Waals surface area contributed by atoms with Crippen molar-refractivity contribution in [1.29, 1.82) is 0 Å². The van der Waals surface area contributed by atoms with E-state index in [1.165, 1.54) is 0 Å². The second-order valence-corrected chi connectivity index (χ2v) is 10.9. The molecule has 1 fully saturated rings. The van der Waals surface area contributed by atoms with Crippen LogP contribution < -0.4 is 15.4 Å². The van der Waals surface area contributed by atoms with E-state index >= 15 is 0 Å². The first kappa shape index (κ1) is 27.7. The fourth-order valence-corrected chi connectivity index (χ4v) is 4.90. The maximum Gasteiger partial charge on any atom is 0.249 e.